The molecule has 2 bridgehead atoms. The Bertz CT molecular complexity index is 747. The van der Waals surface area contributed by atoms with Gasteiger partial charge in [0.25, 0.3) is 0 Å². The first kappa shape index (κ1) is 25.3. The molecule has 0 heterocycles. The van der Waals surface area contributed by atoms with E-state index in [1.165, 1.54) is 37.6 Å². The highest BCUT2D eigenvalue weighted by Gasteiger charge is 2.55. The minimum atomic E-state index is -4.22. The zero-order valence-corrected chi connectivity index (χ0v) is 19.3. The van der Waals surface area contributed by atoms with E-state index in [1.54, 1.807) is 24.3 Å². The van der Waals surface area contributed by atoms with Gasteiger partial charge in [-0.15, -0.1) is 0 Å². The summed E-state index contributed by atoms with van der Waals surface area (Å²) in [6.45, 7) is 11.4. The Balaban J connectivity index is 0.000000280. The summed E-state index contributed by atoms with van der Waals surface area (Å²) < 4.78 is 37.0. The molecule has 3 rings (SSSR count). The number of carbonyl (C=O) groups is 1. The number of hydrogen-bond acceptors (Lipinski definition) is 1. The van der Waals surface area contributed by atoms with E-state index >= 15 is 0 Å². The van der Waals surface area contributed by atoms with Crippen LogP contribution in [0.15, 0.2) is 42.5 Å². The van der Waals surface area contributed by atoms with Gasteiger partial charge in [0, 0.05) is 25.9 Å². The van der Waals surface area contributed by atoms with Crippen molar-refractivity contribution in [2.24, 2.45) is 22.5 Å². The summed E-state index contributed by atoms with van der Waals surface area (Å²) in [5, 5.41) is 0. The van der Waals surface area contributed by atoms with E-state index in [9.17, 15) is 18.0 Å². The number of carbonyl (C=O) groups excluding carboxylic acids is 1. The number of halogens is 3. The van der Waals surface area contributed by atoms with Gasteiger partial charge in [-0.2, -0.15) is 13.2 Å². The van der Waals surface area contributed by atoms with E-state index in [-0.39, 0.29) is 18.9 Å². The van der Waals surface area contributed by atoms with Gasteiger partial charge < -0.3 is 10.6 Å². The van der Waals surface area contributed by atoms with Crippen LogP contribution in [0.2, 0.25) is 0 Å². The van der Waals surface area contributed by atoms with Crippen LogP contribution in [-0.4, -0.2) is 30.7 Å². The van der Waals surface area contributed by atoms with Crippen molar-refractivity contribution in [1.29, 1.82) is 0 Å². The Morgan fingerprint density at radius 3 is 2.10 bits per heavy atom. The number of amides is 2. The lowest BCUT2D eigenvalue weighted by Gasteiger charge is -2.34. The highest BCUT2D eigenvalue weighted by Crippen LogP contribution is 2.65. The highest BCUT2D eigenvalue weighted by atomic mass is 19.4. The molecule has 2 N–H and O–H groups in total. The van der Waals surface area contributed by atoms with Crippen LogP contribution in [0.1, 0.15) is 70.8 Å². The van der Waals surface area contributed by atoms with Crippen molar-refractivity contribution in [3.8, 4) is 0 Å². The van der Waals surface area contributed by atoms with E-state index in [0.29, 0.717) is 16.4 Å². The number of fused-ring (bicyclic) bond motifs is 2. The molecule has 3 nitrogen and oxygen atoms in total. The Labute approximate surface area is 184 Å². The quantitative estimate of drug-likeness (QED) is 0.482. The number of benzene rings is 1. The van der Waals surface area contributed by atoms with Gasteiger partial charge in [-0.05, 0) is 54.4 Å². The normalized spacial score (nSPS) is 24.8. The average Bonchev–Trinajstić information content (AvgIpc) is 3.06. The zero-order valence-electron chi connectivity index (χ0n) is 19.3. The fourth-order valence-electron chi connectivity index (χ4n) is 5.11. The molecule has 1 atom stereocenters. The van der Waals surface area contributed by atoms with Crippen LogP contribution in [0.3, 0.4) is 0 Å². The third-order valence-electron chi connectivity index (χ3n) is 7.92. The van der Waals surface area contributed by atoms with Crippen molar-refractivity contribution in [3.05, 3.63) is 48.0 Å². The Kier molecular flexibility index (Phi) is 7.88. The molecular formula is C25H37F3N2O. The highest BCUT2D eigenvalue weighted by molar-refractivity contribution is 5.71. The first-order valence-electron chi connectivity index (χ1n) is 11.1. The van der Waals surface area contributed by atoms with Crippen molar-refractivity contribution < 1.29 is 18.0 Å². The van der Waals surface area contributed by atoms with Crippen LogP contribution >= 0.6 is 0 Å². The lowest BCUT2D eigenvalue weighted by molar-refractivity contribution is -0.134. The molecule has 0 saturated heterocycles. The number of alkyl halides is 3. The monoisotopic (exact) mass is 438 g/mol. The predicted octanol–water partition coefficient (Wildman–Crippen LogP) is 6.90. The summed E-state index contributed by atoms with van der Waals surface area (Å²) in [4.78, 5) is 12.4. The van der Waals surface area contributed by atoms with Crippen LogP contribution in [0.25, 0.3) is 0 Å². The molecule has 1 aromatic carbocycles. The molecule has 0 radical (unpaired) electrons. The van der Waals surface area contributed by atoms with Crippen LogP contribution in [0, 0.1) is 16.7 Å². The minimum absolute atomic E-state index is 0.171. The molecule has 2 amide bonds. The van der Waals surface area contributed by atoms with Crippen LogP contribution < -0.4 is 5.73 Å². The third kappa shape index (κ3) is 6.27. The maximum Gasteiger partial charge on any atom is 0.389 e. The van der Waals surface area contributed by atoms with Crippen molar-refractivity contribution in [1.82, 2.24) is 4.90 Å². The smallest absolute Gasteiger partial charge is 0.351 e. The Hall–Kier alpha value is -1.98. The zero-order chi connectivity index (χ0) is 23.4. The van der Waals surface area contributed by atoms with E-state index in [1.807, 2.05) is 6.07 Å². The maximum atomic E-state index is 12.3. The molecule has 2 fully saturated rings. The molecule has 6 heteroatoms. The first-order valence-corrected chi connectivity index (χ1v) is 11.1. The molecule has 2 aliphatic rings. The molecule has 0 spiro atoms. The molecule has 31 heavy (non-hydrogen) atoms. The fraction of sp³-hybridized carbons (Fsp3) is 0.640. The molecule has 2 saturated carbocycles. The predicted molar refractivity (Wildman–Crippen MR) is 120 cm³/mol. The molecule has 0 aliphatic heterocycles. The fourth-order valence-corrected chi connectivity index (χ4v) is 5.11. The van der Waals surface area contributed by atoms with Gasteiger partial charge in [0.15, 0.2) is 0 Å². The topological polar surface area (TPSA) is 46.3 Å². The van der Waals surface area contributed by atoms with Gasteiger partial charge in [-0.25, -0.2) is 4.79 Å². The van der Waals surface area contributed by atoms with E-state index in [2.05, 4.69) is 27.4 Å². The minimum Gasteiger partial charge on any atom is -0.351 e. The van der Waals surface area contributed by atoms with E-state index in [0.717, 1.165) is 11.5 Å². The summed E-state index contributed by atoms with van der Waals surface area (Å²) in [6, 6.07) is 8.39. The van der Waals surface area contributed by atoms with Crippen LogP contribution in [0.5, 0.6) is 0 Å². The van der Waals surface area contributed by atoms with Crippen molar-refractivity contribution in [3.63, 3.8) is 0 Å². The molecule has 0 aromatic heterocycles. The first-order chi connectivity index (χ1) is 14.3. The van der Waals surface area contributed by atoms with Gasteiger partial charge in [0.05, 0.1) is 0 Å². The summed E-state index contributed by atoms with van der Waals surface area (Å²) in [6.07, 6.45) is 0.674. The SMILES string of the molecule is C=C(CCC(F)(F)F)C(CN(C)C(N)=O)c1ccccc1.CC12CCC(CC1)C2(C)C. The van der Waals surface area contributed by atoms with Gasteiger partial charge in [0.2, 0.25) is 0 Å². The number of nitrogens with two attached hydrogens (primary N) is 1. The van der Waals surface area contributed by atoms with E-state index < -0.39 is 18.6 Å². The number of rotatable bonds is 6. The summed E-state index contributed by atoms with van der Waals surface area (Å²) in [5.74, 6) is 0.684. The van der Waals surface area contributed by atoms with E-state index in [4.69, 9.17) is 5.73 Å². The van der Waals surface area contributed by atoms with Gasteiger partial charge in [-0.1, -0.05) is 63.3 Å². The largest absolute Gasteiger partial charge is 0.389 e. The number of hydrogen-bond donors (Lipinski definition) is 1. The number of primary amides is 1. The summed E-state index contributed by atoms with van der Waals surface area (Å²) in [7, 11) is 1.51. The number of nitrogens with zero attached hydrogens (tertiary/aromatic N) is 1. The number of urea groups is 1. The van der Waals surface area contributed by atoms with Gasteiger partial charge >= 0.3 is 12.2 Å². The van der Waals surface area contributed by atoms with Crippen molar-refractivity contribution >= 4 is 6.03 Å². The molecule has 2 aliphatic carbocycles. The van der Waals surface area contributed by atoms with Gasteiger partial charge in [-0.3, -0.25) is 0 Å². The molecule has 174 valence electrons. The lowest BCUT2D eigenvalue weighted by Crippen LogP contribution is -2.35. The Morgan fingerprint density at radius 1 is 1.19 bits per heavy atom. The van der Waals surface area contributed by atoms with Crippen LogP contribution in [0.4, 0.5) is 18.0 Å². The molecule has 1 aromatic rings. The summed E-state index contributed by atoms with van der Waals surface area (Å²) >= 11 is 0. The van der Waals surface area contributed by atoms with Gasteiger partial charge in [0.1, 0.15) is 0 Å². The van der Waals surface area contributed by atoms with Crippen LogP contribution in [-0.2, 0) is 0 Å². The second-order valence-corrected chi connectivity index (χ2v) is 10.0. The van der Waals surface area contributed by atoms with Crippen molar-refractivity contribution in [2.45, 2.75) is 71.4 Å². The van der Waals surface area contributed by atoms with Crippen molar-refractivity contribution in [2.75, 3.05) is 13.6 Å². The second kappa shape index (κ2) is 9.66. The maximum absolute atomic E-state index is 12.3. The average molecular weight is 439 g/mol. The third-order valence-corrected chi connectivity index (χ3v) is 7.92. The molecule has 1 unspecified atom stereocenters. The summed E-state index contributed by atoms with van der Waals surface area (Å²) in [5.41, 5.74) is 7.80. The Morgan fingerprint density at radius 2 is 1.74 bits per heavy atom. The number of likely N-dealkylation sites (N-methyl/N-ethyl adjacent to an activating group) is 1. The standard InChI is InChI=1S/C15H19F3N2O.C10H18/c1-11(8-9-15(16,17)18)13(10-20(2)14(19)21)12-6-4-3-5-7-12;1-9(2)8-4-6-10(9,3)7-5-8/h3-7,13H,1,8-10H2,2H3,(H2,19,21);8H,4-7H2,1-3H3. The second-order valence-electron chi connectivity index (χ2n) is 10.0. The lowest BCUT2D eigenvalue weighted by atomic mass is 9.71. The molecular weight excluding hydrogens is 401 g/mol.